The summed E-state index contributed by atoms with van der Waals surface area (Å²) in [6.45, 7) is 4.05. The number of rotatable bonds is 2. The molecule has 0 amide bonds. The van der Waals surface area contributed by atoms with Crippen molar-refractivity contribution in [1.29, 1.82) is 0 Å². The van der Waals surface area contributed by atoms with E-state index in [1.165, 1.54) is 0 Å². The van der Waals surface area contributed by atoms with E-state index < -0.39 is 0 Å². The first-order valence-electron chi connectivity index (χ1n) is 6.92. The first-order valence-corrected chi connectivity index (χ1v) is 6.92. The van der Waals surface area contributed by atoms with Gasteiger partial charge in [0, 0.05) is 11.6 Å². The molecule has 0 bridgehead atoms. The van der Waals surface area contributed by atoms with Gasteiger partial charge in [-0.15, -0.1) is 0 Å². The van der Waals surface area contributed by atoms with Crippen molar-refractivity contribution in [2.45, 2.75) is 13.8 Å². The van der Waals surface area contributed by atoms with Crippen LogP contribution in [0.5, 0.6) is 0 Å². The van der Waals surface area contributed by atoms with Crippen molar-refractivity contribution in [2.75, 3.05) is 0 Å². The van der Waals surface area contributed by atoms with Crippen LogP contribution >= 0.6 is 0 Å². The summed E-state index contributed by atoms with van der Waals surface area (Å²) in [7, 11) is 0. The van der Waals surface area contributed by atoms with E-state index in [1.807, 2.05) is 68.4 Å². The van der Waals surface area contributed by atoms with Crippen LogP contribution in [0.4, 0.5) is 0 Å². The van der Waals surface area contributed by atoms with Crippen molar-refractivity contribution in [1.82, 2.24) is 0 Å². The van der Waals surface area contributed by atoms with Gasteiger partial charge < -0.3 is 4.42 Å². The van der Waals surface area contributed by atoms with E-state index in [1.54, 1.807) is 6.07 Å². The summed E-state index contributed by atoms with van der Waals surface area (Å²) in [5.74, 6) is 0.610. The third kappa shape index (κ3) is 2.65. The van der Waals surface area contributed by atoms with Crippen molar-refractivity contribution in [3.8, 4) is 22.5 Å². The highest BCUT2D eigenvalue weighted by Crippen LogP contribution is 2.28. The minimum atomic E-state index is -0.325. The molecule has 0 spiro atoms. The Balaban J connectivity index is 2.21. The molecule has 0 atom stereocenters. The third-order valence-corrected chi connectivity index (χ3v) is 3.64. The number of hydrogen-bond acceptors (Lipinski definition) is 2. The van der Waals surface area contributed by atoms with Crippen LogP contribution in [0.15, 0.2) is 69.9 Å². The Morgan fingerprint density at radius 1 is 0.762 bits per heavy atom. The minimum Gasteiger partial charge on any atom is -0.423 e. The van der Waals surface area contributed by atoms with Crippen molar-refractivity contribution in [2.24, 2.45) is 0 Å². The van der Waals surface area contributed by atoms with E-state index in [0.29, 0.717) is 5.76 Å². The molecule has 0 radical (unpaired) electrons. The van der Waals surface area contributed by atoms with Crippen LogP contribution in [0, 0.1) is 13.8 Å². The Morgan fingerprint density at radius 3 is 1.95 bits per heavy atom. The zero-order valence-electron chi connectivity index (χ0n) is 12.1. The molecular formula is C19H16O2. The van der Waals surface area contributed by atoms with Gasteiger partial charge in [-0.1, -0.05) is 48.5 Å². The van der Waals surface area contributed by atoms with E-state index in [-0.39, 0.29) is 5.63 Å². The van der Waals surface area contributed by atoms with Gasteiger partial charge in [-0.05, 0) is 42.2 Å². The van der Waals surface area contributed by atoms with Crippen LogP contribution in [0.1, 0.15) is 11.1 Å². The second-order valence-electron chi connectivity index (χ2n) is 5.16. The average Bonchev–Trinajstić information content (AvgIpc) is 2.47. The lowest BCUT2D eigenvalue weighted by molar-refractivity contribution is 0.526. The molecule has 2 aromatic carbocycles. The Bertz CT molecular complexity index is 777. The first kappa shape index (κ1) is 13.4. The largest absolute Gasteiger partial charge is 0.423 e. The van der Waals surface area contributed by atoms with Gasteiger partial charge in [-0.25, -0.2) is 4.79 Å². The van der Waals surface area contributed by atoms with Gasteiger partial charge in [0.25, 0.3) is 0 Å². The molecule has 1 heterocycles. The van der Waals surface area contributed by atoms with Crippen molar-refractivity contribution < 1.29 is 4.42 Å². The van der Waals surface area contributed by atoms with Gasteiger partial charge in [-0.2, -0.15) is 0 Å². The van der Waals surface area contributed by atoms with Crippen molar-refractivity contribution in [3.63, 3.8) is 0 Å². The molecule has 0 unspecified atom stereocenters. The van der Waals surface area contributed by atoms with Crippen LogP contribution in [0.2, 0.25) is 0 Å². The lowest BCUT2D eigenvalue weighted by Gasteiger charge is -2.08. The molecule has 3 rings (SSSR count). The molecule has 1 aromatic heterocycles. The Hall–Kier alpha value is -2.61. The van der Waals surface area contributed by atoms with Gasteiger partial charge >= 0.3 is 5.63 Å². The molecule has 2 nitrogen and oxygen atoms in total. The summed E-state index contributed by atoms with van der Waals surface area (Å²) in [6, 6.07) is 19.4. The summed E-state index contributed by atoms with van der Waals surface area (Å²) >= 11 is 0. The highest BCUT2D eigenvalue weighted by Gasteiger charge is 2.09. The second-order valence-corrected chi connectivity index (χ2v) is 5.16. The zero-order chi connectivity index (χ0) is 14.8. The maximum atomic E-state index is 11.9. The molecule has 104 valence electrons. The number of aryl methyl sites for hydroxylation is 2. The fourth-order valence-electron chi connectivity index (χ4n) is 2.51. The minimum absolute atomic E-state index is 0.325. The molecule has 0 aliphatic rings. The average molecular weight is 276 g/mol. The highest BCUT2D eigenvalue weighted by molar-refractivity contribution is 5.72. The van der Waals surface area contributed by atoms with Crippen molar-refractivity contribution in [3.05, 3.63) is 82.2 Å². The maximum Gasteiger partial charge on any atom is 0.336 e. The number of hydrogen-bond donors (Lipinski definition) is 0. The molecular weight excluding hydrogens is 260 g/mol. The summed E-state index contributed by atoms with van der Waals surface area (Å²) in [5.41, 5.74) is 4.79. The van der Waals surface area contributed by atoms with Gasteiger partial charge in [0.15, 0.2) is 0 Å². The summed E-state index contributed by atoms with van der Waals surface area (Å²) in [5, 5.41) is 0. The van der Waals surface area contributed by atoms with Crippen LogP contribution in [-0.4, -0.2) is 0 Å². The van der Waals surface area contributed by atoms with Crippen molar-refractivity contribution >= 4 is 0 Å². The monoisotopic (exact) mass is 276 g/mol. The molecule has 2 heteroatoms. The normalized spacial score (nSPS) is 10.6. The van der Waals surface area contributed by atoms with Crippen LogP contribution in [0.25, 0.3) is 22.5 Å². The van der Waals surface area contributed by atoms with Gasteiger partial charge in [0.05, 0.1) is 0 Å². The first-order chi connectivity index (χ1) is 10.1. The molecule has 3 aromatic rings. The topological polar surface area (TPSA) is 30.2 Å². The predicted molar refractivity (Wildman–Crippen MR) is 85.3 cm³/mol. The van der Waals surface area contributed by atoms with E-state index in [9.17, 15) is 4.79 Å². The lowest BCUT2D eigenvalue weighted by Crippen LogP contribution is -1.99. The molecule has 0 saturated carbocycles. The SMILES string of the molecule is Cc1ccccc1-c1cc(-c2ccccc2C)oc(=O)c1. The van der Waals surface area contributed by atoms with Crippen LogP contribution in [-0.2, 0) is 0 Å². The third-order valence-electron chi connectivity index (χ3n) is 3.64. The smallest absolute Gasteiger partial charge is 0.336 e. The van der Waals surface area contributed by atoms with Crippen LogP contribution in [0.3, 0.4) is 0 Å². The predicted octanol–water partition coefficient (Wildman–Crippen LogP) is 4.59. The van der Waals surface area contributed by atoms with Crippen LogP contribution < -0.4 is 5.63 Å². The molecule has 0 saturated heterocycles. The second kappa shape index (κ2) is 5.41. The van der Waals surface area contributed by atoms with E-state index >= 15 is 0 Å². The number of benzene rings is 2. The molecule has 0 aliphatic carbocycles. The Labute approximate surface area is 123 Å². The molecule has 0 aliphatic heterocycles. The maximum absolute atomic E-state index is 11.9. The highest BCUT2D eigenvalue weighted by atomic mass is 16.4. The summed E-state index contributed by atoms with van der Waals surface area (Å²) in [6.07, 6.45) is 0. The van der Waals surface area contributed by atoms with E-state index in [0.717, 1.165) is 27.8 Å². The summed E-state index contributed by atoms with van der Waals surface area (Å²) < 4.78 is 5.39. The fraction of sp³-hybridized carbons (Fsp3) is 0.105. The van der Waals surface area contributed by atoms with E-state index in [2.05, 4.69) is 0 Å². The zero-order valence-corrected chi connectivity index (χ0v) is 12.1. The van der Waals surface area contributed by atoms with Gasteiger partial charge in [0.1, 0.15) is 5.76 Å². The quantitative estimate of drug-likeness (QED) is 0.685. The Kier molecular flexibility index (Phi) is 3.44. The van der Waals surface area contributed by atoms with E-state index in [4.69, 9.17) is 4.42 Å². The fourth-order valence-corrected chi connectivity index (χ4v) is 2.51. The standard InChI is InChI=1S/C19H16O2/c1-13-7-3-5-9-16(13)15-11-18(21-19(20)12-15)17-10-6-4-8-14(17)2/h3-12H,1-2H3. The van der Waals surface area contributed by atoms with Gasteiger partial charge in [0.2, 0.25) is 0 Å². The lowest BCUT2D eigenvalue weighted by atomic mass is 9.99. The Morgan fingerprint density at radius 2 is 1.33 bits per heavy atom. The summed E-state index contributed by atoms with van der Waals surface area (Å²) in [4.78, 5) is 11.9. The van der Waals surface area contributed by atoms with Gasteiger partial charge in [-0.3, -0.25) is 0 Å². The molecule has 0 N–H and O–H groups in total. The molecule has 21 heavy (non-hydrogen) atoms. The molecule has 0 fully saturated rings.